The number of halogens is 1. The van der Waals surface area contributed by atoms with E-state index in [-0.39, 0.29) is 0 Å². The molecule has 1 saturated carbocycles. The van der Waals surface area contributed by atoms with Crippen molar-refractivity contribution < 1.29 is 0 Å². The first-order chi connectivity index (χ1) is 7.25. The first kappa shape index (κ1) is 11.0. The third kappa shape index (κ3) is 2.96. The van der Waals surface area contributed by atoms with Gasteiger partial charge in [0.05, 0.1) is 0 Å². The fraction of sp³-hybridized carbons (Fsp3) is 0.538. The maximum absolute atomic E-state index is 6.22. The summed E-state index contributed by atoms with van der Waals surface area (Å²) in [4.78, 5) is 0. The molecule has 0 radical (unpaired) electrons. The Morgan fingerprint density at radius 3 is 2.73 bits per heavy atom. The molecular formula is C13H18ClN. The van der Waals surface area contributed by atoms with E-state index in [1.807, 2.05) is 18.2 Å². The number of hydrogen-bond donors (Lipinski definition) is 1. The van der Waals surface area contributed by atoms with Crippen LogP contribution in [0.3, 0.4) is 0 Å². The van der Waals surface area contributed by atoms with Gasteiger partial charge in [-0.15, -0.1) is 0 Å². The summed E-state index contributed by atoms with van der Waals surface area (Å²) >= 11 is 5.95. The van der Waals surface area contributed by atoms with Crippen LogP contribution in [0, 0.1) is 5.92 Å². The van der Waals surface area contributed by atoms with Gasteiger partial charge in [0.25, 0.3) is 0 Å². The van der Waals surface area contributed by atoms with Gasteiger partial charge >= 0.3 is 0 Å². The van der Waals surface area contributed by atoms with Gasteiger partial charge in [-0.1, -0.05) is 36.6 Å². The van der Waals surface area contributed by atoms with E-state index < -0.39 is 0 Å². The van der Waals surface area contributed by atoms with Crippen LogP contribution >= 0.6 is 11.6 Å². The van der Waals surface area contributed by atoms with Crippen molar-refractivity contribution in [3.63, 3.8) is 0 Å². The zero-order chi connectivity index (χ0) is 10.7. The molecule has 2 rings (SSSR count). The second kappa shape index (κ2) is 5.00. The van der Waals surface area contributed by atoms with E-state index in [4.69, 9.17) is 17.3 Å². The lowest BCUT2D eigenvalue weighted by atomic mass is 9.93. The SMILES string of the molecule is NC(Cc1cccc(Cl)c1)C1CCCC1. The Morgan fingerprint density at radius 1 is 1.33 bits per heavy atom. The first-order valence-corrected chi connectivity index (χ1v) is 6.13. The summed E-state index contributed by atoms with van der Waals surface area (Å²) in [7, 11) is 0. The summed E-state index contributed by atoms with van der Waals surface area (Å²) in [5.74, 6) is 0.726. The van der Waals surface area contributed by atoms with Crippen LogP contribution in [0.25, 0.3) is 0 Å². The molecule has 0 amide bonds. The van der Waals surface area contributed by atoms with E-state index in [1.165, 1.54) is 31.2 Å². The van der Waals surface area contributed by atoms with Gasteiger partial charge in [0.2, 0.25) is 0 Å². The molecule has 0 heterocycles. The zero-order valence-electron chi connectivity index (χ0n) is 8.95. The molecule has 0 aliphatic heterocycles. The molecule has 0 bridgehead atoms. The van der Waals surface area contributed by atoms with Gasteiger partial charge in [0.15, 0.2) is 0 Å². The molecule has 1 nitrogen and oxygen atoms in total. The highest BCUT2D eigenvalue weighted by Crippen LogP contribution is 2.28. The lowest BCUT2D eigenvalue weighted by molar-refractivity contribution is 0.429. The lowest BCUT2D eigenvalue weighted by Crippen LogP contribution is -2.30. The van der Waals surface area contributed by atoms with Crippen LogP contribution in [0.15, 0.2) is 24.3 Å². The molecule has 1 aromatic carbocycles. The number of benzene rings is 1. The van der Waals surface area contributed by atoms with Crippen molar-refractivity contribution in [3.8, 4) is 0 Å². The van der Waals surface area contributed by atoms with Gasteiger partial charge in [-0.05, 0) is 42.9 Å². The average molecular weight is 224 g/mol. The molecule has 0 spiro atoms. The Morgan fingerprint density at radius 2 is 2.07 bits per heavy atom. The molecule has 1 aliphatic carbocycles. The van der Waals surface area contributed by atoms with Gasteiger partial charge in [-0.25, -0.2) is 0 Å². The molecule has 1 atom stereocenters. The third-order valence-electron chi connectivity index (χ3n) is 3.37. The molecule has 0 saturated heterocycles. The highest BCUT2D eigenvalue weighted by molar-refractivity contribution is 6.30. The largest absolute Gasteiger partial charge is 0.327 e. The Balaban J connectivity index is 1.95. The van der Waals surface area contributed by atoms with Gasteiger partial charge in [0.1, 0.15) is 0 Å². The topological polar surface area (TPSA) is 26.0 Å². The first-order valence-electron chi connectivity index (χ1n) is 5.76. The molecule has 2 heteroatoms. The monoisotopic (exact) mass is 223 g/mol. The van der Waals surface area contributed by atoms with Crippen LogP contribution in [0.2, 0.25) is 5.02 Å². The summed E-state index contributed by atoms with van der Waals surface area (Å²) in [6, 6.07) is 8.35. The fourth-order valence-corrected chi connectivity index (χ4v) is 2.70. The van der Waals surface area contributed by atoms with Gasteiger partial charge in [-0.3, -0.25) is 0 Å². The van der Waals surface area contributed by atoms with E-state index in [2.05, 4.69) is 6.07 Å². The normalized spacial score (nSPS) is 19.3. The maximum atomic E-state index is 6.22. The fourth-order valence-electron chi connectivity index (χ4n) is 2.49. The van der Waals surface area contributed by atoms with Crippen LogP contribution in [0.5, 0.6) is 0 Å². The standard InChI is InChI=1S/C13H18ClN/c14-12-7-3-4-10(8-12)9-13(15)11-5-1-2-6-11/h3-4,7-8,11,13H,1-2,5-6,9,15H2. The number of hydrogen-bond acceptors (Lipinski definition) is 1. The van der Waals surface area contributed by atoms with Gasteiger partial charge in [-0.2, -0.15) is 0 Å². The second-order valence-corrected chi connectivity index (χ2v) is 4.98. The van der Waals surface area contributed by atoms with Crippen molar-refractivity contribution in [1.29, 1.82) is 0 Å². The summed E-state index contributed by atoms with van der Waals surface area (Å²) in [5.41, 5.74) is 7.48. The molecule has 1 fully saturated rings. The molecule has 15 heavy (non-hydrogen) atoms. The van der Waals surface area contributed by atoms with Gasteiger partial charge in [0, 0.05) is 11.1 Å². The van der Waals surface area contributed by atoms with Crippen LogP contribution in [0.4, 0.5) is 0 Å². The molecule has 2 N–H and O–H groups in total. The summed E-state index contributed by atoms with van der Waals surface area (Å²) in [6.07, 6.45) is 6.29. The highest BCUT2D eigenvalue weighted by Gasteiger charge is 2.21. The molecule has 1 aromatic rings. The van der Waals surface area contributed by atoms with E-state index >= 15 is 0 Å². The van der Waals surface area contributed by atoms with Gasteiger partial charge < -0.3 is 5.73 Å². The van der Waals surface area contributed by atoms with Crippen LogP contribution in [-0.4, -0.2) is 6.04 Å². The number of rotatable bonds is 3. The Bertz CT molecular complexity index is 318. The highest BCUT2D eigenvalue weighted by atomic mass is 35.5. The van der Waals surface area contributed by atoms with Crippen LogP contribution in [-0.2, 0) is 6.42 Å². The predicted molar refractivity (Wildman–Crippen MR) is 65.1 cm³/mol. The van der Waals surface area contributed by atoms with Crippen LogP contribution < -0.4 is 5.73 Å². The van der Waals surface area contributed by atoms with E-state index in [1.54, 1.807) is 0 Å². The minimum atomic E-state index is 0.311. The Kier molecular flexibility index (Phi) is 3.66. The molecule has 1 aliphatic rings. The quantitative estimate of drug-likeness (QED) is 0.835. The van der Waals surface area contributed by atoms with Crippen molar-refractivity contribution in [2.45, 2.75) is 38.1 Å². The molecule has 1 unspecified atom stereocenters. The van der Waals surface area contributed by atoms with Crippen molar-refractivity contribution in [3.05, 3.63) is 34.9 Å². The van der Waals surface area contributed by atoms with Crippen molar-refractivity contribution in [2.24, 2.45) is 11.7 Å². The lowest BCUT2D eigenvalue weighted by Gasteiger charge is -2.18. The minimum absolute atomic E-state index is 0.311. The predicted octanol–water partition coefficient (Wildman–Crippen LogP) is 3.40. The van der Waals surface area contributed by atoms with E-state index in [9.17, 15) is 0 Å². The summed E-state index contributed by atoms with van der Waals surface area (Å²) in [6.45, 7) is 0. The Labute approximate surface area is 96.6 Å². The summed E-state index contributed by atoms with van der Waals surface area (Å²) < 4.78 is 0. The van der Waals surface area contributed by atoms with Crippen molar-refractivity contribution in [1.82, 2.24) is 0 Å². The maximum Gasteiger partial charge on any atom is 0.0408 e. The van der Waals surface area contributed by atoms with E-state index in [0.717, 1.165) is 17.4 Å². The minimum Gasteiger partial charge on any atom is -0.327 e. The van der Waals surface area contributed by atoms with Crippen LogP contribution in [0.1, 0.15) is 31.2 Å². The van der Waals surface area contributed by atoms with Crippen molar-refractivity contribution >= 4 is 11.6 Å². The summed E-state index contributed by atoms with van der Waals surface area (Å²) in [5, 5.41) is 0.811. The third-order valence-corrected chi connectivity index (χ3v) is 3.60. The second-order valence-electron chi connectivity index (χ2n) is 4.54. The number of nitrogens with two attached hydrogens (primary N) is 1. The Hall–Kier alpha value is -0.530. The molecular weight excluding hydrogens is 206 g/mol. The smallest absolute Gasteiger partial charge is 0.0408 e. The van der Waals surface area contributed by atoms with Crippen molar-refractivity contribution in [2.75, 3.05) is 0 Å². The molecule has 82 valence electrons. The average Bonchev–Trinajstić information content (AvgIpc) is 2.70. The van der Waals surface area contributed by atoms with E-state index in [0.29, 0.717) is 6.04 Å². The molecule has 0 aromatic heterocycles. The zero-order valence-corrected chi connectivity index (χ0v) is 9.71.